The number of likely N-dealkylation sites (N-methyl/N-ethyl adjacent to an activating group) is 1. The number of nitrogens with one attached hydrogen (secondary N) is 1. The van der Waals surface area contributed by atoms with Crippen molar-refractivity contribution in [1.29, 1.82) is 0 Å². The number of carbonyl (C=O) groups excluding carboxylic acids is 1. The molecule has 4 heteroatoms. The topological polar surface area (TPSA) is 58.4 Å². The van der Waals surface area contributed by atoms with E-state index in [0.29, 0.717) is 6.54 Å². The first-order valence-corrected chi connectivity index (χ1v) is 6.58. The van der Waals surface area contributed by atoms with E-state index in [2.05, 4.69) is 5.32 Å². The largest absolute Gasteiger partial charge is 0.363 e. The molecule has 0 aliphatic heterocycles. The molecule has 1 amide bonds. The van der Waals surface area contributed by atoms with Gasteiger partial charge in [0.15, 0.2) is 0 Å². The van der Waals surface area contributed by atoms with Gasteiger partial charge in [-0.1, -0.05) is 12.1 Å². The molecule has 0 spiro atoms. The highest BCUT2D eigenvalue weighted by Crippen LogP contribution is 2.16. The molecule has 0 heterocycles. The van der Waals surface area contributed by atoms with Gasteiger partial charge in [0.1, 0.15) is 6.04 Å². The maximum Gasteiger partial charge on any atom is 0.242 e. The molecule has 0 fully saturated rings. The quantitative estimate of drug-likeness (QED) is 0.872. The molecule has 1 unspecified atom stereocenters. The Morgan fingerprint density at radius 3 is 2.26 bits per heavy atom. The number of nitrogens with zero attached hydrogens (tertiary/aromatic N) is 1. The third kappa shape index (κ3) is 4.56. The van der Waals surface area contributed by atoms with Gasteiger partial charge in [-0.05, 0) is 45.4 Å². The molecular weight excluding hydrogens is 238 g/mol. The van der Waals surface area contributed by atoms with Crippen molar-refractivity contribution in [1.82, 2.24) is 5.32 Å². The van der Waals surface area contributed by atoms with Gasteiger partial charge in [-0.3, -0.25) is 4.79 Å². The summed E-state index contributed by atoms with van der Waals surface area (Å²) in [5, 5.41) is 2.99. The Balaban J connectivity index is 2.75. The zero-order valence-corrected chi connectivity index (χ0v) is 12.5. The number of hydrogen-bond donors (Lipinski definition) is 2. The molecular formula is C15H25N3O. The summed E-state index contributed by atoms with van der Waals surface area (Å²) in [4.78, 5) is 14.1. The zero-order valence-electron chi connectivity index (χ0n) is 12.5. The summed E-state index contributed by atoms with van der Waals surface area (Å²) in [7, 11) is 1.92. The highest BCUT2D eigenvalue weighted by Gasteiger charge is 2.22. The van der Waals surface area contributed by atoms with Crippen molar-refractivity contribution in [3.8, 4) is 0 Å². The molecule has 0 aliphatic carbocycles. The van der Waals surface area contributed by atoms with Crippen molar-refractivity contribution in [3.63, 3.8) is 0 Å². The highest BCUT2D eigenvalue weighted by molar-refractivity contribution is 5.85. The molecule has 1 atom stereocenters. The van der Waals surface area contributed by atoms with Crippen LogP contribution in [0, 0.1) is 0 Å². The van der Waals surface area contributed by atoms with Gasteiger partial charge in [0.2, 0.25) is 5.91 Å². The molecule has 1 aromatic carbocycles. The third-order valence-electron chi connectivity index (χ3n) is 3.04. The van der Waals surface area contributed by atoms with Gasteiger partial charge < -0.3 is 16.0 Å². The molecule has 0 saturated heterocycles. The van der Waals surface area contributed by atoms with Gasteiger partial charge in [-0.25, -0.2) is 0 Å². The Kier molecular flexibility index (Phi) is 4.95. The summed E-state index contributed by atoms with van der Waals surface area (Å²) in [6.07, 6.45) is 0. The van der Waals surface area contributed by atoms with Gasteiger partial charge in [0.25, 0.3) is 0 Å². The molecule has 4 nitrogen and oxygen atoms in total. The first-order chi connectivity index (χ1) is 8.74. The van der Waals surface area contributed by atoms with E-state index in [1.165, 1.54) is 0 Å². The van der Waals surface area contributed by atoms with Crippen LogP contribution in [0.4, 0.5) is 5.69 Å². The van der Waals surface area contributed by atoms with Crippen molar-refractivity contribution in [2.45, 2.75) is 45.8 Å². The number of benzene rings is 1. The van der Waals surface area contributed by atoms with Gasteiger partial charge >= 0.3 is 0 Å². The molecule has 0 aliphatic rings. The van der Waals surface area contributed by atoms with E-state index < -0.39 is 0 Å². The molecule has 0 radical (unpaired) electrons. The number of nitrogens with two attached hydrogens (primary N) is 1. The Labute approximate surface area is 116 Å². The maximum atomic E-state index is 12.1. The van der Waals surface area contributed by atoms with Crippen LogP contribution in [-0.4, -0.2) is 24.5 Å². The van der Waals surface area contributed by atoms with E-state index in [1.807, 2.05) is 63.9 Å². The average Bonchev–Trinajstić information content (AvgIpc) is 2.35. The van der Waals surface area contributed by atoms with E-state index in [9.17, 15) is 4.79 Å². The van der Waals surface area contributed by atoms with E-state index in [1.54, 1.807) is 0 Å². The summed E-state index contributed by atoms with van der Waals surface area (Å²) in [5.74, 6) is 0.0258. The van der Waals surface area contributed by atoms with Crippen LogP contribution in [0.3, 0.4) is 0 Å². The van der Waals surface area contributed by atoms with Crippen LogP contribution >= 0.6 is 0 Å². The van der Waals surface area contributed by atoms with Crippen molar-refractivity contribution in [2.75, 3.05) is 11.9 Å². The Hall–Kier alpha value is -1.55. The van der Waals surface area contributed by atoms with Crippen molar-refractivity contribution < 1.29 is 4.79 Å². The fourth-order valence-corrected chi connectivity index (χ4v) is 1.74. The summed E-state index contributed by atoms with van der Waals surface area (Å²) >= 11 is 0. The second-order valence-corrected chi connectivity index (χ2v) is 5.90. The molecule has 19 heavy (non-hydrogen) atoms. The summed E-state index contributed by atoms with van der Waals surface area (Å²) in [6, 6.07) is 7.73. The van der Waals surface area contributed by atoms with Crippen molar-refractivity contribution >= 4 is 11.6 Å². The minimum atomic E-state index is -0.219. The lowest BCUT2D eigenvalue weighted by atomic mass is 10.1. The van der Waals surface area contributed by atoms with Crippen LogP contribution in [0.25, 0.3) is 0 Å². The van der Waals surface area contributed by atoms with Crippen molar-refractivity contribution in [2.24, 2.45) is 5.73 Å². The Bertz CT molecular complexity index is 420. The van der Waals surface area contributed by atoms with E-state index >= 15 is 0 Å². The molecule has 0 bridgehead atoms. The highest BCUT2D eigenvalue weighted by atomic mass is 16.2. The zero-order chi connectivity index (χ0) is 14.6. The number of rotatable bonds is 4. The molecule has 1 aromatic rings. The van der Waals surface area contributed by atoms with Gasteiger partial charge in [0.05, 0.1) is 0 Å². The summed E-state index contributed by atoms with van der Waals surface area (Å²) < 4.78 is 0. The third-order valence-corrected chi connectivity index (χ3v) is 3.04. The molecule has 0 saturated carbocycles. The SMILES string of the molecule is CC(C(=O)NC(C)(C)C)N(C)c1ccc(CN)cc1. The fraction of sp³-hybridized carbons (Fsp3) is 0.533. The number of amides is 1. The fourth-order valence-electron chi connectivity index (χ4n) is 1.74. The number of carbonyl (C=O) groups is 1. The Morgan fingerprint density at radius 1 is 1.32 bits per heavy atom. The number of anilines is 1. The minimum Gasteiger partial charge on any atom is -0.363 e. The normalized spacial score (nSPS) is 12.9. The first-order valence-electron chi connectivity index (χ1n) is 6.58. The second-order valence-electron chi connectivity index (χ2n) is 5.90. The van der Waals surface area contributed by atoms with Crippen LogP contribution in [0.2, 0.25) is 0 Å². The van der Waals surface area contributed by atoms with E-state index in [-0.39, 0.29) is 17.5 Å². The maximum absolute atomic E-state index is 12.1. The monoisotopic (exact) mass is 263 g/mol. The van der Waals surface area contributed by atoms with Crippen LogP contribution in [0.1, 0.15) is 33.3 Å². The predicted octanol–water partition coefficient (Wildman–Crippen LogP) is 1.88. The molecule has 106 valence electrons. The standard InChI is InChI=1S/C15H25N3O/c1-11(14(19)17-15(2,3)4)18(5)13-8-6-12(10-16)7-9-13/h6-9,11H,10,16H2,1-5H3,(H,17,19). The van der Waals surface area contributed by atoms with Gasteiger partial charge in [0, 0.05) is 24.8 Å². The van der Waals surface area contributed by atoms with Crippen LogP contribution < -0.4 is 16.0 Å². The second kappa shape index (κ2) is 6.06. The van der Waals surface area contributed by atoms with Crippen LogP contribution in [0.15, 0.2) is 24.3 Å². The summed E-state index contributed by atoms with van der Waals surface area (Å²) in [5.41, 5.74) is 7.46. The molecule has 1 rings (SSSR count). The predicted molar refractivity (Wildman–Crippen MR) is 80.1 cm³/mol. The molecule has 3 N–H and O–H groups in total. The molecule has 0 aromatic heterocycles. The Morgan fingerprint density at radius 2 is 1.84 bits per heavy atom. The van der Waals surface area contributed by atoms with Crippen LogP contribution in [-0.2, 0) is 11.3 Å². The van der Waals surface area contributed by atoms with Crippen molar-refractivity contribution in [3.05, 3.63) is 29.8 Å². The lowest BCUT2D eigenvalue weighted by Crippen LogP contribution is -2.50. The summed E-state index contributed by atoms with van der Waals surface area (Å²) in [6.45, 7) is 8.37. The first kappa shape index (κ1) is 15.5. The number of hydrogen-bond acceptors (Lipinski definition) is 3. The van der Waals surface area contributed by atoms with Gasteiger partial charge in [-0.2, -0.15) is 0 Å². The minimum absolute atomic E-state index is 0.0258. The lowest BCUT2D eigenvalue weighted by molar-refractivity contribution is -0.123. The lowest BCUT2D eigenvalue weighted by Gasteiger charge is -2.29. The average molecular weight is 263 g/mol. The van der Waals surface area contributed by atoms with E-state index in [0.717, 1.165) is 11.3 Å². The van der Waals surface area contributed by atoms with Gasteiger partial charge in [-0.15, -0.1) is 0 Å². The van der Waals surface area contributed by atoms with E-state index in [4.69, 9.17) is 5.73 Å². The smallest absolute Gasteiger partial charge is 0.242 e. The van der Waals surface area contributed by atoms with Crippen LogP contribution in [0.5, 0.6) is 0 Å².